The lowest BCUT2D eigenvalue weighted by atomic mass is 10.2. The van der Waals surface area contributed by atoms with Crippen molar-refractivity contribution in [2.45, 2.75) is 26.0 Å². The van der Waals surface area contributed by atoms with E-state index in [1.54, 1.807) is 25.1 Å². The summed E-state index contributed by atoms with van der Waals surface area (Å²) in [6.45, 7) is 1.79. The molecular formula is C16H16FNO4. The van der Waals surface area contributed by atoms with Gasteiger partial charge in [0.15, 0.2) is 5.75 Å². The monoisotopic (exact) mass is 305 g/mol. The van der Waals surface area contributed by atoms with Crippen LogP contribution in [0.2, 0.25) is 0 Å². The van der Waals surface area contributed by atoms with E-state index in [1.165, 1.54) is 24.4 Å². The molecule has 1 atom stereocenters. The number of nitrogens with zero attached hydrogens (tertiary/aromatic N) is 1. The molecule has 1 heterocycles. The van der Waals surface area contributed by atoms with Crippen molar-refractivity contribution in [2.24, 2.45) is 0 Å². The fraction of sp³-hybridized carbons (Fsp3) is 0.250. The number of hydrogen-bond donors (Lipinski definition) is 1. The van der Waals surface area contributed by atoms with Crippen LogP contribution >= 0.6 is 0 Å². The van der Waals surface area contributed by atoms with E-state index < -0.39 is 17.6 Å². The summed E-state index contributed by atoms with van der Waals surface area (Å²) in [6, 6.07) is 7.84. The maximum Gasteiger partial charge on any atom is 0.326 e. The van der Waals surface area contributed by atoms with Gasteiger partial charge in [0.25, 0.3) is 5.56 Å². The molecule has 0 spiro atoms. The normalized spacial score (nSPS) is 11.9. The minimum absolute atomic E-state index is 0.0616. The van der Waals surface area contributed by atoms with Crippen LogP contribution in [0.3, 0.4) is 0 Å². The van der Waals surface area contributed by atoms with E-state index in [1.807, 2.05) is 0 Å². The molecule has 2 aromatic rings. The fourth-order valence-corrected chi connectivity index (χ4v) is 2.08. The second kappa shape index (κ2) is 6.89. The zero-order valence-electron chi connectivity index (χ0n) is 12.0. The van der Waals surface area contributed by atoms with Crippen molar-refractivity contribution in [3.05, 3.63) is 64.3 Å². The van der Waals surface area contributed by atoms with Gasteiger partial charge in [0.1, 0.15) is 18.5 Å². The van der Waals surface area contributed by atoms with E-state index in [0.29, 0.717) is 5.56 Å². The summed E-state index contributed by atoms with van der Waals surface area (Å²) in [7, 11) is 0. The smallest absolute Gasteiger partial charge is 0.326 e. The van der Waals surface area contributed by atoms with Gasteiger partial charge in [-0.1, -0.05) is 19.1 Å². The van der Waals surface area contributed by atoms with Crippen LogP contribution in [0.5, 0.6) is 5.75 Å². The molecule has 0 aliphatic heterocycles. The Bertz CT molecular complexity index is 709. The Morgan fingerprint density at radius 2 is 2.00 bits per heavy atom. The zero-order chi connectivity index (χ0) is 16.1. The number of halogens is 1. The Morgan fingerprint density at radius 1 is 1.32 bits per heavy atom. The molecule has 2 rings (SSSR count). The van der Waals surface area contributed by atoms with Crippen molar-refractivity contribution in [2.75, 3.05) is 0 Å². The van der Waals surface area contributed by atoms with E-state index in [2.05, 4.69) is 0 Å². The first-order valence-electron chi connectivity index (χ1n) is 6.84. The summed E-state index contributed by atoms with van der Waals surface area (Å²) in [4.78, 5) is 23.4. The SMILES string of the molecule is CCC(C(=O)O)n1cccc(OCc2ccc(F)cc2)c1=O. The molecule has 0 aliphatic rings. The van der Waals surface area contributed by atoms with Crippen molar-refractivity contribution in [1.82, 2.24) is 4.57 Å². The molecule has 1 aromatic heterocycles. The molecule has 0 aliphatic carbocycles. The average Bonchev–Trinajstić information content (AvgIpc) is 2.50. The van der Waals surface area contributed by atoms with Gasteiger partial charge in [-0.05, 0) is 36.2 Å². The standard InChI is InChI=1S/C16H16FNO4/c1-2-13(16(20)21)18-9-3-4-14(15(18)19)22-10-11-5-7-12(17)8-6-11/h3-9,13H,2,10H2,1H3,(H,20,21). The van der Waals surface area contributed by atoms with Crippen molar-refractivity contribution < 1.29 is 19.0 Å². The Kier molecular flexibility index (Phi) is 4.93. The highest BCUT2D eigenvalue weighted by molar-refractivity contribution is 5.71. The molecule has 1 aromatic carbocycles. The first kappa shape index (κ1) is 15.8. The number of aliphatic carboxylic acids is 1. The molecule has 1 unspecified atom stereocenters. The number of ether oxygens (including phenoxy) is 1. The predicted molar refractivity (Wildman–Crippen MR) is 78.4 cm³/mol. The van der Waals surface area contributed by atoms with Gasteiger partial charge in [0.2, 0.25) is 0 Å². The molecule has 0 amide bonds. The Morgan fingerprint density at radius 3 is 2.59 bits per heavy atom. The maximum absolute atomic E-state index is 12.8. The zero-order valence-corrected chi connectivity index (χ0v) is 12.0. The minimum atomic E-state index is -1.07. The highest BCUT2D eigenvalue weighted by Gasteiger charge is 2.19. The lowest BCUT2D eigenvalue weighted by molar-refractivity contribution is -0.141. The number of carboxylic acids is 1. The van der Waals surface area contributed by atoms with Crippen LogP contribution in [-0.2, 0) is 11.4 Å². The Balaban J connectivity index is 2.20. The van der Waals surface area contributed by atoms with Crippen molar-refractivity contribution in [1.29, 1.82) is 0 Å². The van der Waals surface area contributed by atoms with E-state index in [-0.39, 0.29) is 24.6 Å². The molecule has 1 N–H and O–H groups in total. The molecule has 6 heteroatoms. The first-order valence-corrected chi connectivity index (χ1v) is 6.84. The number of hydrogen-bond acceptors (Lipinski definition) is 3. The quantitative estimate of drug-likeness (QED) is 0.890. The van der Waals surface area contributed by atoms with Gasteiger partial charge in [-0.15, -0.1) is 0 Å². The summed E-state index contributed by atoms with van der Waals surface area (Å²) in [5, 5.41) is 9.14. The maximum atomic E-state index is 12.8. The lowest BCUT2D eigenvalue weighted by Crippen LogP contribution is -2.29. The third-order valence-corrected chi connectivity index (χ3v) is 3.25. The van der Waals surface area contributed by atoms with Gasteiger partial charge in [-0.2, -0.15) is 0 Å². The number of benzene rings is 1. The fourth-order valence-electron chi connectivity index (χ4n) is 2.08. The summed E-state index contributed by atoms with van der Waals surface area (Å²) in [6.07, 6.45) is 1.71. The number of rotatable bonds is 6. The van der Waals surface area contributed by atoms with Gasteiger partial charge >= 0.3 is 5.97 Å². The largest absolute Gasteiger partial charge is 0.483 e. The molecule has 5 nitrogen and oxygen atoms in total. The van der Waals surface area contributed by atoms with Crippen molar-refractivity contribution in [3.8, 4) is 5.75 Å². The van der Waals surface area contributed by atoms with E-state index in [4.69, 9.17) is 9.84 Å². The minimum Gasteiger partial charge on any atom is -0.483 e. The number of aromatic nitrogens is 1. The molecule has 0 saturated carbocycles. The van der Waals surface area contributed by atoms with Crippen LogP contribution in [0.25, 0.3) is 0 Å². The molecule has 0 bridgehead atoms. The first-order chi connectivity index (χ1) is 10.5. The number of carboxylic acid groups (broad SMARTS) is 1. The number of carbonyl (C=O) groups is 1. The molecule has 0 fully saturated rings. The Hall–Kier alpha value is -2.63. The average molecular weight is 305 g/mol. The molecule has 116 valence electrons. The van der Waals surface area contributed by atoms with E-state index in [0.717, 1.165) is 4.57 Å². The number of pyridine rings is 1. The van der Waals surface area contributed by atoms with Crippen LogP contribution in [0.15, 0.2) is 47.4 Å². The molecule has 0 saturated heterocycles. The van der Waals surface area contributed by atoms with Gasteiger partial charge in [0, 0.05) is 6.20 Å². The molecule has 0 radical (unpaired) electrons. The highest BCUT2D eigenvalue weighted by Crippen LogP contribution is 2.13. The highest BCUT2D eigenvalue weighted by atomic mass is 19.1. The predicted octanol–water partition coefficient (Wildman–Crippen LogP) is 2.60. The van der Waals surface area contributed by atoms with Crippen LogP contribution in [-0.4, -0.2) is 15.6 Å². The van der Waals surface area contributed by atoms with Gasteiger partial charge in [0.05, 0.1) is 0 Å². The molecular weight excluding hydrogens is 289 g/mol. The topological polar surface area (TPSA) is 68.5 Å². The van der Waals surface area contributed by atoms with Crippen LogP contribution < -0.4 is 10.3 Å². The summed E-state index contributed by atoms with van der Waals surface area (Å²) < 4.78 is 19.4. The van der Waals surface area contributed by atoms with Crippen LogP contribution in [0.4, 0.5) is 4.39 Å². The van der Waals surface area contributed by atoms with Crippen LogP contribution in [0.1, 0.15) is 24.9 Å². The lowest BCUT2D eigenvalue weighted by Gasteiger charge is -2.15. The van der Waals surface area contributed by atoms with Crippen molar-refractivity contribution >= 4 is 5.97 Å². The third kappa shape index (κ3) is 3.52. The van der Waals surface area contributed by atoms with Gasteiger partial charge in [-0.25, -0.2) is 9.18 Å². The van der Waals surface area contributed by atoms with Crippen LogP contribution in [0, 0.1) is 5.82 Å². The molecule has 22 heavy (non-hydrogen) atoms. The van der Waals surface area contributed by atoms with E-state index >= 15 is 0 Å². The van der Waals surface area contributed by atoms with E-state index in [9.17, 15) is 14.0 Å². The summed E-state index contributed by atoms with van der Waals surface area (Å²) in [5.41, 5.74) is 0.209. The van der Waals surface area contributed by atoms with Gasteiger partial charge < -0.3 is 9.84 Å². The summed E-state index contributed by atoms with van der Waals surface area (Å²) in [5.74, 6) is -1.36. The third-order valence-electron chi connectivity index (χ3n) is 3.25. The van der Waals surface area contributed by atoms with Gasteiger partial charge in [-0.3, -0.25) is 9.36 Å². The Labute approximate surface area is 126 Å². The second-order valence-corrected chi connectivity index (χ2v) is 4.76. The van der Waals surface area contributed by atoms with Crippen molar-refractivity contribution in [3.63, 3.8) is 0 Å². The summed E-state index contributed by atoms with van der Waals surface area (Å²) >= 11 is 0. The second-order valence-electron chi connectivity index (χ2n) is 4.76.